The summed E-state index contributed by atoms with van der Waals surface area (Å²) in [7, 11) is -3.49. The predicted molar refractivity (Wildman–Crippen MR) is 84.6 cm³/mol. The summed E-state index contributed by atoms with van der Waals surface area (Å²) < 4.78 is 28.6. The van der Waals surface area contributed by atoms with Crippen molar-refractivity contribution in [3.63, 3.8) is 0 Å². The summed E-state index contributed by atoms with van der Waals surface area (Å²) in [5, 5.41) is 0. The summed E-state index contributed by atoms with van der Waals surface area (Å²) in [5.74, 6) is 0.765. The first-order chi connectivity index (χ1) is 8.40. The van der Waals surface area contributed by atoms with Gasteiger partial charge < -0.3 is 0 Å². The fourth-order valence-corrected chi connectivity index (χ4v) is 5.05. The van der Waals surface area contributed by atoms with E-state index >= 15 is 0 Å². The van der Waals surface area contributed by atoms with Gasteiger partial charge in [0.15, 0.2) is 0 Å². The Morgan fingerprint density at radius 1 is 1.39 bits per heavy atom. The van der Waals surface area contributed by atoms with E-state index in [9.17, 15) is 8.42 Å². The minimum atomic E-state index is -3.49. The summed E-state index contributed by atoms with van der Waals surface area (Å²) >= 11 is 8.19. The molecule has 1 aromatic carbocycles. The normalized spacial score (nSPS) is 13.6. The lowest BCUT2D eigenvalue weighted by atomic mass is 10.3. The van der Waals surface area contributed by atoms with Crippen molar-refractivity contribution in [1.29, 1.82) is 0 Å². The highest BCUT2D eigenvalue weighted by molar-refractivity contribution is 9.11. The zero-order valence-corrected chi connectivity index (χ0v) is 14.9. The van der Waals surface area contributed by atoms with Gasteiger partial charge in [-0.05, 0) is 46.8 Å². The molecule has 0 radical (unpaired) electrons. The molecule has 0 aliphatic heterocycles. The van der Waals surface area contributed by atoms with Crippen LogP contribution in [-0.4, -0.2) is 26.5 Å². The Kier molecular flexibility index (Phi) is 6.67. The van der Waals surface area contributed by atoms with Gasteiger partial charge in [0.25, 0.3) is 0 Å². The minimum Gasteiger partial charge on any atom is -0.207 e. The van der Waals surface area contributed by atoms with Crippen LogP contribution in [0, 0.1) is 0 Å². The third-order valence-corrected chi connectivity index (χ3v) is 6.11. The number of hydrogen-bond acceptors (Lipinski definition) is 3. The average molecular weight is 417 g/mol. The minimum absolute atomic E-state index is 0.0455. The average Bonchev–Trinajstić information content (AvgIpc) is 2.31. The van der Waals surface area contributed by atoms with Gasteiger partial charge in [-0.3, -0.25) is 0 Å². The second kappa shape index (κ2) is 7.28. The fourth-order valence-electron chi connectivity index (χ4n) is 1.40. The van der Waals surface area contributed by atoms with Crippen LogP contribution in [0.1, 0.15) is 13.3 Å². The van der Waals surface area contributed by atoms with E-state index in [0.717, 1.165) is 16.6 Å². The monoisotopic (exact) mass is 415 g/mol. The van der Waals surface area contributed by atoms with Crippen LogP contribution in [0.15, 0.2) is 32.0 Å². The van der Waals surface area contributed by atoms with Crippen LogP contribution in [0.3, 0.4) is 0 Å². The van der Waals surface area contributed by atoms with Crippen LogP contribution in [0.2, 0.25) is 0 Å². The highest BCUT2D eigenvalue weighted by Crippen LogP contribution is 2.26. The topological polar surface area (TPSA) is 46.2 Å². The first-order valence-corrected chi connectivity index (χ1v) is 9.83. The van der Waals surface area contributed by atoms with Gasteiger partial charge >= 0.3 is 0 Å². The number of nitrogens with one attached hydrogen (secondary N) is 1. The molecule has 0 heterocycles. The largest absolute Gasteiger partial charge is 0.242 e. The van der Waals surface area contributed by atoms with Crippen molar-refractivity contribution in [2.24, 2.45) is 0 Å². The molecule has 18 heavy (non-hydrogen) atoms. The second-order valence-corrected chi connectivity index (χ2v) is 8.12. The van der Waals surface area contributed by atoms with E-state index < -0.39 is 10.0 Å². The van der Waals surface area contributed by atoms with Crippen LogP contribution in [-0.2, 0) is 10.0 Å². The summed E-state index contributed by atoms with van der Waals surface area (Å²) in [6.07, 6.45) is 2.73. The fraction of sp³-hybridized carbons (Fsp3) is 0.455. The molecule has 3 nitrogen and oxygen atoms in total. The van der Waals surface area contributed by atoms with Gasteiger partial charge in [0.1, 0.15) is 0 Å². The molecule has 0 aliphatic carbocycles. The number of hydrogen-bond donors (Lipinski definition) is 1. The molecule has 1 N–H and O–H groups in total. The highest BCUT2D eigenvalue weighted by atomic mass is 79.9. The number of benzene rings is 1. The molecule has 0 fully saturated rings. The Morgan fingerprint density at radius 2 is 2.06 bits per heavy atom. The molecular weight excluding hydrogens is 402 g/mol. The number of sulfonamides is 1. The number of thioether (sulfide) groups is 1. The van der Waals surface area contributed by atoms with E-state index in [0.29, 0.717) is 4.47 Å². The number of rotatable bonds is 6. The van der Waals surface area contributed by atoms with Crippen molar-refractivity contribution in [2.75, 3.05) is 12.0 Å². The van der Waals surface area contributed by atoms with E-state index in [1.807, 2.05) is 13.2 Å². The molecule has 1 aromatic rings. The molecule has 1 atom stereocenters. The summed E-state index contributed by atoms with van der Waals surface area (Å²) in [4.78, 5) is 0.261. The van der Waals surface area contributed by atoms with E-state index in [1.165, 1.54) is 0 Å². The highest BCUT2D eigenvalue weighted by Gasteiger charge is 2.21. The first kappa shape index (κ1) is 16.5. The van der Waals surface area contributed by atoms with Crippen molar-refractivity contribution < 1.29 is 8.42 Å². The van der Waals surface area contributed by atoms with E-state index in [-0.39, 0.29) is 10.9 Å². The Balaban J connectivity index is 3.02. The third-order valence-electron chi connectivity index (χ3n) is 2.37. The molecule has 0 aliphatic rings. The van der Waals surface area contributed by atoms with Crippen molar-refractivity contribution in [2.45, 2.75) is 24.3 Å². The van der Waals surface area contributed by atoms with E-state index in [4.69, 9.17) is 0 Å². The molecule has 102 valence electrons. The maximum atomic E-state index is 12.3. The molecule has 0 spiro atoms. The number of halogens is 2. The Labute approximate surface area is 129 Å². The van der Waals surface area contributed by atoms with Gasteiger partial charge in [0.2, 0.25) is 10.0 Å². The van der Waals surface area contributed by atoms with Gasteiger partial charge in [-0.25, -0.2) is 13.1 Å². The predicted octanol–water partition coefficient (Wildman–Crippen LogP) is 3.63. The van der Waals surface area contributed by atoms with Crippen LogP contribution >= 0.6 is 43.6 Å². The quantitative estimate of drug-likeness (QED) is 0.769. The lowest BCUT2D eigenvalue weighted by Gasteiger charge is -2.16. The van der Waals surface area contributed by atoms with Crippen molar-refractivity contribution in [3.8, 4) is 0 Å². The lowest BCUT2D eigenvalue weighted by molar-refractivity contribution is 0.557. The van der Waals surface area contributed by atoms with E-state index in [2.05, 4.69) is 36.6 Å². The molecule has 0 saturated carbocycles. The Bertz CT molecular complexity index is 506. The van der Waals surface area contributed by atoms with Crippen LogP contribution in [0.5, 0.6) is 0 Å². The maximum absolute atomic E-state index is 12.3. The molecule has 0 saturated heterocycles. The van der Waals surface area contributed by atoms with Gasteiger partial charge in [-0.2, -0.15) is 11.8 Å². The molecule has 1 unspecified atom stereocenters. The zero-order valence-electron chi connectivity index (χ0n) is 10.1. The summed E-state index contributed by atoms with van der Waals surface area (Å²) in [5.41, 5.74) is 0. The standard InChI is InChI=1S/C11H15Br2NO2S2/c1-3-9(7-17-2)14-18(15,16)11-6-8(12)4-5-10(11)13/h4-6,9,14H,3,7H2,1-2H3. The second-order valence-electron chi connectivity index (χ2n) is 3.76. The Morgan fingerprint density at radius 3 is 2.61 bits per heavy atom. The SMILES string of the molecule is CCC(CSC)NS(=O)(=O)c1cc(Br)ccc1Br. The first-order valence-electron chi connectivity index (χ1n) is 5.37. The van der Waals surface area contributed by atoms with Crippen molar-refractivity contribution in [1.82, 2.24) is 4.72 Å². The van der Waals surface area contributed by atoms with Crippen LogP contribution < -0.4 is 4.72 Å². The van der Waals surface area contributed by atoms with Gasteiger partial charge in [0.05, 0.1) is 4.90 Å². The molecule has 1 rings (SSSR count). The van der Waals surface area contributed by atoms with Gasteiger partial charge in [-0.15, -0.1) is 0 Å². The van der Waals surface area contributed by atoms with Gasteiger partial charge in [-0.1, -0.05) is 22.9 Å². The molecule has 0 bridgehead atoms. The van der Waals surface area contributed by atoms with Gasteiger partial charge in [0, 0.05) is 20.7 Å². The third kappa shape index (κ3) is 4.52. The lowest BCUT2D eigenvalue weighted by Crippen LogP contribution is -2.36. The van der Waals surface area contributed by atoms with Crippen LogP contribution in [0.25, 0.3) is 0 Å². The summed E-state index contributed by atoms with van der Waals surface area (Å²) in [6.45, 7) is 1.97. The van der Waals surface area contributed by atoms with Crippen LogP contribution in [0.4, 0.5) is 0 Å². The van der Waals surface area contributed by atoms with Crippen molar-refractivity contribution in [3.05, 3.63) is 27.1 Å². The molecule has 0 amide bonds. The molecule has 0 aromatic heterocycles. The van der Waals surface area contributed by atoms with E-state index in [1.54, 1.807) is 30.0 Å². The molecular formula is C11H15Br2NO2S2. The molecule has 7 heteroatoms. The zero-order chi connectivity index (χ0) is 13.8. The maximum Gasteiger partial charge on any atom is 0.242 e. The Hall–Kier alpha value is 0.440. The summed E-state index contributed by atoms with van der Waals surface area (Å²) in [6, 6.07) is 5.06. The van der Waals surface area contributed by atoms with Crippen molar-refractivity contribution >= 4 is 53.6 Å². The smallest absolute Gasteiger partial charge is 0.207 e.